The number of carbonyl (C=O) groups excluding carboxylic acids is 1. The maximum absolute atomic E-state index is 12.7. The average molecular weight is 271 g/mol. The van der Waals surface area contributed by atoms with Crippen molar-refractivity contribution < 1.29 is 13.9 Å². The lowest BCUT2D eigenvalue weighted by molar-refractivity contribution is 0.0526. The van der Waals surface area contributed by atoms with Gasteiger partial charge >= 0.3 is 5.97 Å². The third-order valence-corrected chi connectivity index (χ3v) is 2.62. The first-order chi connectivity index (χ1) is 9.69. The van der Waals surface area contributed by atoms with Gasteiger partial charge in [-0.3, -0.25) is 4.98 Å². The van der Waals surface area contributed by atoms with Gasteiger partial charge in [0.05, 0.1) is 24.1 Å². The van der Waals surface area contributed by atoms with Crippen LogP contribution in [0.15, 0.2) is 42.6 Å². The minimum Gasteiger partial charge on any atom is -0.462 e. The summed E-state index contributed by atoms with van der Waals surface area (Å²) in [6, 6.07) is 9.99. The Morgan fingerprint density at radius 1 is 1.20 bits per heavy atom. The number of nitrogens with zero attached hydrogens (tertiary/aromatic N) is 1. The van der Waals surface area contributed by atoms with Crippen LogP contribution in [-0.4, -0.2) is 17.6 Å². The van der Waals surface area contributed by atoms with Gasteiger partial charge in [-0.15, -0.1) is 0 Å². The van der Waals surface area contributed by atoms with E-state index in [4.69, 9.17) is 4.74 Å². The molecule has 0 spiro atoms. The van der Waals surface area contributed by atoms with Gasteiger partial charge in [0, 0.05) is 0 Å². The Labute approximate surface area is 116 Å². The smallest absolute Gasteiger partial charge is 0.338 e. The summed E-state index contributed by atoms with van der Waals surface area (Å²) in [4.78, 5) is 15.4. The number of carbonyl (C=O) groups is 1. The molecule has 4 heteroatoms. The van der Waals surface area contributed by atoms with Crippen LogP contribution in [0.3, 0.4) is 0 Å². The van der Waals surface area contributed by atoms with E-state index in [0.717, 1.165) is 5.56 Å². The van der Waals surface area contributed by atoms with Gasteiger partial charge in [0.1, 0.15) is 5.82 Å². The second-order valence-corrected chi connectivity index (χ2v) is 4.08. The molecule has 0 atom stereocenters. The Hall–Kier alpha value is -2.49. The molecule has 0 radical (unpaired) electrons. The Balaban J connectivity index is 2.07. The van der Waals surface area contributed by atoms with Crippen LogP contribution in [0.2, 0.25) is 0 Å². The highest BCUT2D eigenvalue weighted by Gasteiger charge is 2.04. The van der Waals surface area contributed by atoms with Crippen molar-refractivity contribution in [2.24, 2.45) is 0 Å². The van der Waals surface area contributed by atoms with E-state index in [1.807, 2.05) is 18.2 Å². The molecule has 2 rings (SSSR count). The van der Waals surface area contributed by atoms with Gasteiger partial charge in [-0.25, -0.2) is 9.18 Å². The van der Waals surface area contributed by atoms with E-state index in [0.29, 0.717) is 17.9 Å². The zero-order chi connectivity index (χ0) is 14.4. The van der Waals surface area contributed by atoms with Gasteiger partial charge in [0.25, 0.3) is 0 Å². The SMILES string of the molecule is CCOC(=O)c1ccc(/C=C/c2ccc(F)cn2)cc1. The number of benzene rings is 1. The van der Waals surface area contributed by atoms with Crippen molar-refractivity contribution in [3.8, 4) is 0 Å². The summed E-state index contributed by atoms with van der Waals surface area (Å²) >= 11 is 0. The van der Waals surface area contributed by atoms with E-state index in [1.165, 1.54) is 12.3 Å². The summed E-state index contributed by atoms with van der Waals surface area (Å²) in [5.41, 5.74) is 2.11. The number of hydrogen-bond acceptors (Lipinski definition) is 3. The molecule has 0 N–H and O–H groups in total. The minimum atomic E-state index is -0.360. The Kier molecular flexibility index (Phi) is 4.60. The van der Waals surface area contributed by atoms with E-state index in [9.17, 15) is 9.18 Å². The number of hydrogen-bond donors (Lipinski definition) is 0. The number of pyridine rings is 1. The van der Waals surface area contributed by atoms with Crippen LogP contribution in [0.1, 0.15) is 28.5 Å². The molecule has 0 unspecified atom stereocenters. The molecule has 0 aliphatic carbocycles. The summed E-state index contributed by atoms with van der Waals surface area (Å²) in [7, 11) is 0. The van der Waals surface area contributed by atoms with Gasteiger partial charge < -0.3 is 4.74 Å². The summed E-state index contributed by atoms with van der Waals surface area (Å²) in [6.45, 7) is 2.13. The highest BCUT2D eigenvalue weighted by Crippen LogP contribution is 2.10. The molecule has 0 aliphatic rings. The van der Waals surface area contributed by atoms with Crippen molar-refractivity contribution in [3.63, 3.8) is 0 Å². The first-order valence-electron chi connectivity index (χ1n) is 6.26. The van der Waals surface area contributed by atoms with Gasteiger partial charge in [0.15, 0.2) is 0 Å². The standard InChI is InChI=1S/C16H14FNO2/c1-2-20-16(19)13-6-3-12(4-7-13)5-9-15-10-8-14(17)11-18-15/h3-11H,2H2,1H3/b9-5+. The molecule has 0 bridgehead atoms. The maximum Gasteiger partial charge on any atom is 0.338 e. The van der Waals surface area contributed by atoms with E-state index in [1.54, 1.807) is 31.2 Å². The van der Waals surface area contributed by atoms with Crippen molar-refractivity contribution in [1.82, 2.24) is 4.98 Å². The molecule has 3 nitrogen and oxygen atoms in total. The second kappa shape index (κ2) is 6.61. The number of halogens is 1. The van der Waals surface area contributed by atoms with Gasteiger partial charge in [-0.05, 0) is 42.8 Å². The lowest BCUT2D eigenvalue weighted by Crippen LogP contribution is -2.03. The fourth-order valence-corrected chi connectivity index (χ4v) is 1.61. The van der Waals surface area contributed by atoms with Crippen LogP contribution >= 0.6 is 0 Å². The molecule has 0 saturated heterocycles. The number of ether oxygens (including phenoxy) is 1. The average Bonchev–Trinajstić information content (AvgIpc) is 2.47. The van der Waals surface area contributed by atoms with E-state index >= 15 is 0 Å². The molecular formula is C16H14FNO2. The number of aromatic nitrogens is 1. The first-order valence-corrected chi connectivity index (χ1v) is 6.26. The highest BCUT2D eigenvalue weighted by atomic mass is 19.1. The molecule has 20 heavy (non-hydrogen) atoms. The molecule has 0 amide bonds. The fraction of sp³-hybridized carbons (Fsp3) is 0.125. The second-order valence-electron chi connectivity index (χ2n) is 4.08. The number of rotatable bonds is 4. The van der Waals surface area contributed by atoms with E-state index in [2.05, 4.69) is 4.98 Å². The third kappa shape index (κ3) is 3.75. The summed E-state index contributed by atoms with van der Waals surface area (Å²) < 4.78 is 17.6. The maximum atomic E-state index is 12.7. The fourth-order valence-electron chi connectivity index (χ4n) is 1.61. The first kappa shape index (κ1) is 13.9. The molecule has 2 aromatic rings. The van der Waals surface area contributed by atoms with Crippen molar-refractivity contribution in [3.05, 3.63) is 65.2 Å². The third-order valence-electron chi connectivity index (χ3n) is 2.62. The van der Waals surface area contributed by atoms with Crippen LogP contribution < -0.4 is 0 Å². The quantitative estimate of drug-likeness (QED) is 0.798. The van der Waals surface area contributed by atoms with Crippen LogP contribution in [-0.2, 0) is 4.74 Å². The lowest BCUT2D eigenvalue weighted by atomic mass is 10.1. The summed E-state index contributed by atoms with van der Waals surface area (Å²) in [6.07, 6.45) is 4.79. The topological polar surface area (TPSA) is 39.2 Å². The van der Waals surface area contributed by atoms with Gasteiger partial charge in [-0.2, -0.15) is 0 Å². The van der Waals surface area contributed by atoms with Crippen LogP contribution in [0.25, 0.3) is 12.2 Å². The minimum absolute atomic E-state index is 0.330. The largest absolute Gasteiger partial charge is 0.462 e. The normalized spacial score (nSPS) is 10.7. The predicted octanol–water partition coefficient (Wildman–Crippen LogP) is 3.57. The van der Waals surface area contributed by atoms with Crippen molar-refractivity contribution in [2.45, 2.75) is 6.92 Å². The van der Waals surface area contributed by atoms with Gasteiger partial charge in [-0.1, -0.05) is 18.2 Å². The van der Waals surface area contributed by atoms with Crippen LogP contribution in [0, 0.1) is 5.82 Å². The predicted molar refractivity (Wildman–Crippen MR) is 75.5 cm³/mol. The van der Waals surface area contributed by atoms with Crippen molar-refractivity contribution in [1.29, 1.82) is 0 Å². The Morgan fingerprint density at radius 2 is 1.95 bits per heavy atom. The van der Waals surface area contributed by atoms with Gasteiger partial charge in [0.2, 0.25) is 0 Å². The molecule has 0 aliphatic heterocycles. The van der Waals surface area contributed by atoms with Crippen molar-refractivity contribution >= 4 is 18.1 Å². The van der Waals surface area contributed by atoms with Crippen LogP contribution in [0.4, 0.5) is 4.39 Å². The van der Waals surface area contributed by atoms with Crippen molar-refractivity contribution in [2.75, 3.05) is 6.61 Å². The van der Waals surface area contributed by atoms with E-state index < -0.39 is 0 Å². The molecule has 102 valence electrons. The highest BCUT2D eigenvalue weighted by molar-refractivity contribution is 5.89. The monoisotopic (exact) mass is 271 g/mol. The molecular weight excluding hydrogens is 257 g/mol. The Morgan fingerprint density at radius 3 is 2.55 bits per heavy atom. The molecule has 1 aromatic carbocycles. The Bertz CT molecular complexity index is 603. The zero-order valence-corrected chi connectivity index (χ0v) is 11.0. The zero-order valence-electron chi connectivity index (χ0n) is 11.0. The molecule has 0 fully saturated rings. The molecule has 1 heterocycles. The number of esters is 1. The van der Waals surface area contributed by atoms with Crippen LogP contribution in [0.5, 0.6) is 0 Å². The summed E-state index contributed by atoms with van der Waals surface area (Å²) in [5.74, 6) is -0.691. The molecule has 1 aromatic heterocycles. The lowest BCUT2D eigenvalue weighted by Gasteiger charge is -2.01. The van der Waals surface area contributed by atoms with E-state index in [-0.39, 0.29) is 11.8 Å². The molecule has 0 saturated carbocycles. The summed E-state index contributed by atoms with van der Waals surface area (Å²) in [5, 5.41) is 0.